The summed E-state index contributed by atoms with van der Waals surface area (Å²) in [6.45, 7) is 1.99. The summed E-state index contributed by atoms with van der Waals surface area (Å²) >= 11 is 0. The summed E-state index contributed by atoms with van der Waals surface area (Å²) in [7, 11) is 0. The largest absolute Gasteiger partial charge is 0.462 e. The van der Waals surface area contributed by atoms with E-state index in [2.05, 4.69) is 4.98 Å². The second-order valence-corrected chi connectivity index (χ2v) is 4.74. The maximum atomic E-state index is 11.8. The van der Waals surface area contributed by atoms with Crippen LogP contribution in [-0.4, -0.2) is 22.5 Å². The van der Waals surface area contributed by atoms with Crippen molar-refractivity contribution in [2.24, 2.45) is 0 Å². The van der Waals surface area contributed by atoms with E-state index in [1.54, 1.807) is 25.1 Å². The van der Waals surface area contributed by atoms with E-state index < -0.39 is 10.9 Å². The molecule has 0 spiro atoms. The molecule has 3 rings (SSSR count). The van der Waals surface area contributed by atoms with Gasteiger partial charge in [0.1, 0.15) is 0 Å². The predicted molar refractivity (Wildman–Crippen MR) is 82.1 cm³/mol. The van der Waals surface area contributed by atoms with Crippen LogP contribution in [0.1, 0.15) is 17.3 Å². The van der Waals surface area contributed by atoms with Crippen LogP contribution in [0.2, 0.25) is 0 Å². The minimum atomic E-state index is -0.509. The zero-order valence-electron chi connectivity index (χ0n) is 12.2. The fourth-order valence-electron chi connectivity index (χ4n) is 2.28. The number of non-ortho nitro benzene ring substituents is 1. The van der Waals surface area contributed by atoms with E-state index in [0.29, 0.717) is 22.2 Å². The van der Waals surface area contributed by atoms with Gasteiger partial charge in [0, 0.05) is 23.2 Å². The fraction of sp³-hybridized carbons (Fsp3) is 0.125. The maximum absolute atomic E-state index is 11.8. The normalized spacial score (nSPS) is 10.7. The van der Waals surface area contributed by atoms with Crippen LogP contribution in [0.25, 0.3) is 22.2 Å². The van der Waals surface area contributed by atoms with E-state index in [0.717, 1.165) is 0 Å². The number of carbonyl (C=O) groups is 1. The third-order valence-corrected chi connectivity index (χ3v) is 3.30. The van der Waals surface area contributed by atoms with Crippen LogP contribution in [0.3, 0.4) is 0 Å². The molecule has 3 aromatic rings. The summed E-state index contributed by atoms with van der Waals surface area (Å²) in [5.41, 5.74) is 1.37. The molecule has 1 aromatic carbocycles. The Bertz CT molecular complexity index is 900. The molecule has 7 heteroatoms. The summed E-state index contributed by atoms with van der Waals surface area (Å²) in [5.74, 6) is -0.463. The number of nitro groups is 1. The molecule has 2 aromatic heterocycles. The summed E-state index contributed by atoms with van der Waals surface area (Å²) in [4.78, 5) is 26.7. The lowest BCUT2D eigenvalue weighted by molar-refractivity contribution is -0.383. The van der Waals surface area contributed by atoms with E-state index in [4.69, 9.17) is 9.15 Å². The zero-order chi connectivity index (χ0) is 16.4. The number of carbonyl (C=O) groups excluding carboxylic acids is 1. The molecule has 0 aliphatic heterocycles. The average molecular weight is 312 g/mol. The molecule has 7 nitrogen and oxygen atoms in total. The molecule has 0 fully saturated rings. The topological polar surface area (TPSA) is 95.5 Å². The number of aromatic nitrogens is 1. The van der Waals surface area contributed by atoms with Gasteiger partial charge in [-0.05, 0) is 31.2 Å². The first-order valence-electron chi connectivity index (χ1n) is 6.89. The number of furan rings is 1. The molecule has 0 N–H and O–H groups in total. The van der Waals surface area contributed by atoms with Gasteiger partial charge in [-0.25, -0.2) is 4.79 Å². The molecule has 0 atom stereocenters. The second kappa shape index (κ2) is 5.88. The minimum Gasteiger partial charge on any atom is -0.462 e. The quantitative estimate of drug-likeness (QED) is 0.415. The molecule has 23 heavy (non-hydrogen) atoms. The van der Waals surface area contributed by atoms with Gasteiger partial charge in [0.05, 0.1) is 29.1 Å². The van der Waals surface area contributed by atoms with Gasteiger partial charge in [0.25, 0.3) is 0 Å². The summed E-state index contributed by atoms with van der Waals surface area (Å²) in [5, 5.41) is 11.8. The highest BCUT2D eigenvalue weighted by Crippen LogP contribution is 2.32. The van der Waals surface area contributed by atoms with Gasteiger partial charge < -0.3 is 9.15 Å². The van der Waals surface area contributed by atoms with Crippen molar-refractivity contribution in [2.45, 2.75) is 6.92 Å². The first kappa shape index (κ1) is 14.7. The number of ether oxygens (including phenoxy) is 1. The Hall–Kier alpha value is -3.22. The van der Waals surface area contributed by atoms with Crippen molar-refractivity contribution in [1.82, 2.24) is 4.98 Å². The van der Waals surface area contributed by atoms with Crippen LogP contribution in [0, 0.1) is 10.1 Å². The Kier molecular flexibility index (Phi) is 3.76. The number of esters is 1. The lowest BCUT2D eigenvalue weighted by Gasteiger charge is -2.05. The Morgan fingerprint density at radius 3 is 2.91 bits per heavy atom. The van der Waals surface area contributed by atoms with Crippen LogP contribution in [0.15, 0.2) is 47.2 Å². The number of pyridine rings is 1. The third-order valence-electron chi connectivity index (χ3n) is 3.30. The number of nitro benzene ring substituents is 1. The lowest BCUT2D eigenvalue weighted by atomic mass is 10.1. The van der Waals surface area contributed by atoms with Crippen molar-refractivity contribution in [3.63, 3.8) is 0 Å². The first-order valence-corrected chi connectivity index (χ1v) is 6.89. The van der Waals surface area contributed by atoms with Crippen LogP contribution in [-0.2, 0) is 4.74 Å². The second-order valence-electron chi connectivity index (χ2n) is 4.74. The molecule has 0 saturated heterocycles. The van der Waals surface area contributed by atoms with E-state index >= 15 is 0 Å². The smallest absolute Gasteiger partial charge is 0.338 e. The van der Waals surface area contributed by atoms with Crippen molar-refractivity contribution in [3.8, 4) is 11.3 Å². The molecule has 116 valence electrons. The van der Waals surface area contributed by atoms with Gasteiger partial charge >= 0.3 is 11.7 Å². The number of benzene rings is 1. The van der Waals surface area contributed by atoms with E-state index in [-0.39, 0.29) is 17.9 Å². The van der Waals surface area contributed by atoms with Crippen molar-refractivity contribution < 1.29 is 18.9 Å². The molecule has 0 saturated carbocycles. The van der Waals surface area contributed by atoms with Gasteiger partial charge in [-0.1, -0.05) is 0 Å². The molecular formula is C16H12N2O5. The average Bonchev–Trinajstić information content (AvgIpc) is 3.02. The Morgan fingerprint density at radius 2 is 2.17 bits per heavy atom. The summed E-state index contributed by atoms with van der Waals surface area (Å²) < 4.78 is 10.1. The molecule has 0 amide bonds. The highest BCUT2D eigenvalue weighted by molar-refractivity contribution is 5.93. The maximum Gasteiger partial charge on any atom is 0.338 e. The summed E-state index contributed by atoms with van der Waals surface area (Å²) in [6.07, 6.45) is 2.86. The fourth-order valence-corrected chi connectivity index (χ4v) is 2.28. The number of nitrogens with zero attached hydrogens (tertiary/aromatic N) is 2. The number of hydrogen-bond acceptors (Lipinski definition) is 6. The van der Waals surface area contributed by atoms with E-state index in [9.17, 15) is 14.9 Å². The van der Waals surface area contributed by atoms with Crippen LogP contribution in [0.5, 0.6) is 0 Å². The molecule has 0 aliphatic carbocycles. The molecular weight excluding hydrogens is 300 g/mol. The summed E-state index contributed by atoms with van der Waals surface area (Å²) in [6, 6.07) is 7.82. The van der Waals surface area contributed by atoms with Gasteiger partial charge in [-0.3, -0.25) is 15.1 Å². The van der Waals surface area contributed by atoms with Gasteiger partial charge in [-0.2, -0.15) is 0 Å². The van der Waals surface area contributed by atoms with Crippen molar-refractivity contribution >= 4 is 22.6 Å². The highest BCUT2D eigenvalue weighted by Gasteiger charge is 2.18. The molecule has 0 aliphatic rings. The molecule has 0 radical (unpaired) electrons. The zero-order valence-corrected chi connectivity index (χ0v) is 12.2. The number of hydrogen-bond donors (Lipinski definition) is 0. The van der Waals surface area contributed by atoms with Gasteiger partial charge in [0.2, 0.25) is 5.58 Å². The number of rotatable bonds is 4. The molecule has 0 bridgehead atoms. The van der Waals surface area contributed by atoms with Crippen molar-refractivity contribution in [3.05, 3.63) is 58.5 Å². The van der Waals surface area contributed by atoms with E-state index in [1.807, 2.05) is 0 Å². The Balaban J connectivity index is 2.11. The Labute approximate surface area is 130 Å². The van der Waals surface area contributed by atoms with Crippen molar-refractivity contribution in [2.75, 3.05) is 6.61 Å². The van der Waals surface area contributed by atoms with E-state index in [1.165, 1.54) is 24.6 Å². The van der Waals surface area contributed by atoms with Crippen molar-refractivity contribution in [1.29, 1.82) is 0 Å². The van der Waals surface area contributed by atoms with Gasteiger partial charge in [0.15, 0.2) is 0 Å². The van der Waals surface area contributed by atoms with Crippen LogP contribution < -0.4 is 0 Å². The van der Waals surface area contributed by atoms with Crippen LogP contribution >= 0.6 is 0 Å². The predicted octanol–water partition coefficient (Wildman–Crippen LogP) is 3.58. The molecule has 2 heterocycles. The minimum absolute atomic E-state index is 0.147. The highest BCUT2D eigenvalue weighted by atomic mass is 16.6. The lowest BCUT2D eigenvalue weighted by Crippen LogP contribution is -2.05. The number of fused-ring (bicyclic) bond motifs is 1. The van der Waals surface area contributed by atoms with Gasteiger partial charge in [-0.15, -0.1) is 0 Å². The molecule has 0 unspecified atom stereocenters. The SMILES string of the molecule is CCOC(=O)c1ccnc(-c2cc([N+](=O)[O-])c3occc3c2)c1. The Morgan fingerprint density at radius 1 is 1.35 bits per heavy atom. The third kappa shape index (κ3) is 2.76. The first-order chi connectivity index (χ1) is 11.1. The van der Waals surface area contributed by atoms with Crippen LogP contribution in [0.4, 0.5) is 5.69 Å². The standard InChI is InChI=1S/C16H12N2O5/c1-2-22-16(19)11-3-5-17-13(8-11)12-7-10-4-6-23-15(10)14(9-12)18(20)21/h3-9H,2H2,1H3. The monoisotopic (exact) mass is 312 g/mol.